The van der Waals surface area contributed by atoms with E-state index in [0.29, 0.717) is 32.2 Å². The van der Waals surface area contributed by atoms with Crippen molar-refractivity contribution in [1.82, 2.24) is 21.3 Å². The maximum absolute atomic E-state index is 12.8. The molecule has 0 aliphatic rings. The van der Waals surface area contributed by atoms with Gasteiger partial charge in [-0.1, -0.05) is 105 Å². The number of hydrogen-bond donors (Lipinski definition) is 4. The van der Waals surface area contributed by atoms with Crippen LogP contribution in [0.1, 0.15) is 150 Å². The number of carbonyl (C=O) groups is 5. The molecule has 0 radical (unpaired) electrons. The molecule has 0 heterocycles. The van der Waals surface area contributed by atoms with E-state index in [-0.39, 0.29) is 42.6 Å². The summed E-state index contributed by atoms with van der Waals surface area (Å²) in [5.41, 5.74) is 0. The van der Waals surface area contributed by atoms with Crippen LogP contribution < -0.4 is 21.3 Å². The van der Waals surface area contributed by atoms with Gasteiger partial charge in [0.1, 0.15) is 6.04 Å². The Kier molecular flexibility index (Phi) is 26.2. The summed E-state index contributed by atoms with van der Waals surface area (Å²) in [6.45, 7) is 8.23. The van der Waals surface area contributed by atoms with Gasteiger partial charge >= 0.3 is 5.97 Å². The maximum Gasteiger partial charge on any atom is 0.307 e. The molecule has 0 aromatic carbocycles. The second-order valence-corrected chi connectivity index (χ2v) is 12.3. The monoisotopic (exact) mass is 624 g/mol. The topological polar surface area (TPSA) is 143 Å². The predicted molar refractivity (Wildman–Crippen MR) is 176 cm³/mol. The third-order valence-electron chi connectivity index (χ3n) is 7.76. The highest BCUT2D eigenvalue weighted by atomic mass is 16.5. The van der Waals surface area contributed by atoms with E-state index in [2.05, 4.69) is 35.1 Å². The molecule has 256 valence electrons. The normalized spacial score (nSPS) is 12.3. The molecule has 0 spiro atoms. The zero-order chi connectivity index (χ0) is 33.0. The van der Waals surface area contributed by atoms with Gasteiger partial charge in [0, 0.05) is 25.4 Å². The molecule has 1 unspecified atom stereocenters. The zero-order valence-corrected chi connectivity index (χ0v) is 28.5. The highest BCUT2D eigenvalue weighted by Crippen LogP contribution is 2.11. The Morgan fingerprint density at radius 2 is 1.14 bits per heavy atom. The van der Waals surface area contributed by atoms with Crippen LogP contribution in [0.25, 0.3) is 0 Å². The summed E-state index contributed by atoms with van der Waals surface area (Å²) in [6, 6.07) is -1.11. The summed E-state index contributed by atoms with van der Waals surface area (Å²) in [7, 11) is 1.32. The first-order valence-corrected chi connectivity index (χ1v) is 17.3. The largest absolute Gasteiger partial charge is 0.469 e. The van der Waals surface area contributed by atoms with E-state index in [4.69, 9.17) is 4.74 Å². The van der Waals surface area contributed by atoms with Crippen LogP contribution in [0.4, 0.5) is 0 Å². The van der Waals surface area contributed by atoms with Crippen LogP contribution >= 0.6 is 0 Å². The van der Waals surface area contributed by atoms with Crippen molar-refractivity contribution in [2.45, 2.75) is 162 Å². The Labute approximate surface area is 267 Å². The average molecular weight is 625 g/mol. The number of esters is 1. The van der Waals surface area contributed by atoms with Gasteiger partial charge in [0.05, 0.1) is 20.1 Å². The van der Waals surface area contributed by atoms with Crippen LogP contribution in [0.3, 0.4) is 0 Å². The molecule has 0 aromatic rings. The molecule has 0 aromatic heterocycles. The second kappa shape index (κ2) is 27.9. The zero-order valence-electron chi connectivity index (χ0n) is 28.5. The number of methoxy groups -OCH3 is 1. The molecule has 44 heavy (non-hydrogen) atoms. The number of hydrogen-bond acceptors (Lipinski definition) is 6. The molecule has 0 aliphatic carbocycles. The first kappa shape index (κ1) is 41.4. The van der Waals surface area contributed by atoms with Crippen molar-refractivity contribution >= 4 is 29.6 Å². The number of rotatable bonds is 28. The molecule has 4 amide bonds. The standard InChI is InChI=1S/C34H64N4O6/c1-6-8-10-12-14-16-18-22-29(39)36-26-31(41)38-33(27(3)4)34(43)35-24-20-21-28(25-32(42)44-5)37-30(40)23-19-17-15-13-11-9-7-2/h27-28,33H,6-26H2,1-5H3,(H,35,43)(H,36,39)(H,37,40)(H,38,41)/t28?,33-/m0/s1. The Balaban J connectivity index is 4.46. The van der Waals surface area contributed by atoms with E-state index in [1.54, 1.807) is 0 Å². The minimum Gasteiger partial charge on any atom is -0.469 e. The predicted octanol–water partition coefficient (Wildman–Crippen LogP) is 5.47. The molecule has 0 rings (SSSR count). The molecule has 0 aliphatic heterocycles. The van der Waals surface area contributed by atoms with Crippen LogP contribution in [-0.4, -0.2) is 61.9 Å². The summed E-state index contributed by atoms with van der Waals surface area (Å²) in [5, 5.41) is 11.2. The number of unbranched alkanes of at least 4 members (excludes halogenated alkanes) is 12. The van der Waals surface area contributed by atoms with Gasteiger partial charge in [-0.25, -0.2) is 0 Å². The molecular formula is C34H64N4O6. The molecule has 4 N–H and O–H groups in total. The second-order valence-electron chi connectivity index (χ2n) is 12.3. The number of nitrogens with one attached hydrogen (secondary N) is 4. The lowest BCUT2D eigenvalue weighted by molar-refractivity contribution is -0.141. The van der Waals surface area contributed by atoms with E-state index in [9.17, 15) is 24.0 Å². The molecule has 0 fully saturated rings. The third kappa shape index (κ3) is 23.8. The van der Waals surface area contributed by atoms with Crippen molar-refractivity contribution in [1.29, 1.82) is 0 Å². The van der Waals surface area contributed by atoms with Crippen LogP contribution in [0.2, 0.25) is 0 Å². The SMILES string of the molecule is CCCCCCCCCC(=O)NCC(=O)N[C@H](C(=O)NCCCC(CC(=O)OC)NC(=O)CCCCCCCCC)C(C)C. The average Bonchev–Trinajstić information content (AvgIpc) is 2.99. The van der Waals surface area contributed by atoms with Gasteiger partial charge in [-0.3, -0.25) is 24.0 Å². The van der Waals surface area contributed by atoms with E-state index in [0.717, 1.165) is 38.5 Å². The van der Waals surface area contributed by atoms with Gasteiger partial charge in [-0.05, 0) is 31.6 Å². The van der Waals surface area contributed by atoms with Crippen LogP contribution in [0.5, 0.6) is 0 Å². The minimum absolute atomic E-state index is 0.0720. The Morgan fingerprint density at radius 3 is 1.66 bits per heavy atom. The minimum atomic E-state index is -0.741. The van der Waals surface area contributed by atoms with Gasteiger partial charge in [0.25, 0.3) is 0 Å². The van der Waals surface area contributed by atoms with Gasteiger partial charge in [0.15, 0.2) is 0 Å². The Bertz CT molecular complexity index is 805. The van der Waals surface area contributed by atoms with Crippen molar-refractivity contribution in [2.75, 3.05) is 20.2 Å². The van der Waals surface area contributed by atoms with Crippen LogP contribution in [-0.2, 0) is 28.7 Å². The van der Waals surface area contributed by atoms with Gasteiger partial charge in [-0.15, -0.1) is 0 Å². The highest BCUT2D eigenvalue weighted by molar-refractivity contribution is 5.90. The number of carbonyl (C=O) groups excluding carboxylic acids is 5. The molecular weight excluding hydrogens is 560 g/mol. The van der Waals surface area contributed by atoms with Crippen molar-refractivity contribution in [2.24, 2.45) is 5.92 Å². The molecule has 2 atom stereocenters. The van der Waals surface area contributed by atoms with Crippen LogP contribution in [0, 0.1) is 5.92 Å². The first-order valence-electron chi connectivity index (χ1n) is 17.3. The van der Waals surface area contributed by atoms with Crippen molar-refractivity contribution in [3.63, 3.8) is 0 Å². The summed E-state index contributed by atoms with van der Waals surface area (Å²) < 4.78 is 4.80. The first-order chi connectivity index (χ1) is 21.1. The summed E-state index contributed by atoms with van der Waals surface area (Å²) in [5.74, 6) is -1.50. The van der Waals surface area contributed by atoms with Gasteiger partial charge in [0.2, 0.25) is 23.6 Å². The summed E-state index contributed by atoms with van der Waals surface area (Å²) >= 11 is 0. The third-order valence-corrected chi connectivity index (χ3v) is 7.76. The number of amides is 4. The van der Waals surface area contributed by atoms with Crippen molar-refractivity contribution in [3.05, 3.63) is 0 Å². The smallest absolute Gasteiger partial charge is 0.307 e. The Morgan fingerprint density at radius 1 is 0.614 bits per heavy atom. The van der Waals surface area contributed by atoms with E-state index in [1.807, 2.05) is 13.8 Å². The molecule has 0 saturated heterocycles. The quantitative estimate of drug-likeness (QED) is 0.0672. The van der Waals surface area contributed by atoms with E-state index < -0.39 is 17.9 Å². The molecule has 10 heteroatoms. The van der Waals surface area contributed by atoms with E-state index >= 15 is 0 Å². The van der Waals surface area contributed by atoms with Crippen molar-refractivity contribution < 1.29 is 28.7 Å². The molecule has 10 nitrogen and oxygen atoms in total. The lowest BCUT2D eigenvalue weighted by Crippen LogP contribution is -2.52. The van der Waals surface area contributed by atoms with Crippen LogP contribution in [0.15, 0.2) is 0 Å². The maximum atomic E-state index is 12.8. The lowest BCUT2D eigenvalue weighted by atomic mass is 10.0. The fraction of sp³-hybridized carbons (Fsp3) is 0.853. The Hall–Kier alpha value is -2.65. The lowest BCUT2D eigenvalue weighted by Gasteiger charge is -2.22. The fourth-order valence-corrected chi connectivity index (χ4v) is 4.99. The molecule has 0 saturated carbocycles. The van der Waals surface area contributed by atoms with Crippen molar-refractivity contribution in [3.8, 4) is 0 Å². The summed E-state index contributed by atoms with van der Waals surface area (Å²) in [6.07, 6.45) is 17.6. The van der Waals surface area contributed by atoms with Gasteiger partial charge < -0.3 is 26.0 Å². The van der Waals surface area contributed by atoms with Gasteiger partial charge in [-0.2, -0.15) is 0 Å². The molecule has 0 bridgehead atoms. The highest BCUT2D eigenvalue weighted by Gasteiger charge is 2.24. The van der Waals surface area contributed by atoms with E-state index in [1.165, 1.54) is 58.5 Å². The fourth-order valence-electron chi connectivity index (χ4n) is 4.99. The summed E-state index contributed by atoms with van der Waals surface area (Å²) in [4.78, 5) is 61.8. The number of ether oxygens (including phenoxy) is 1.